The lowest BCUT2D eigenvalue weighted by molar-refractivity contribution is -0.138. The highest BCUT2D eigenvalue weighted by atomic mass is 32.2. The zero-order valence-corrected chi connectivity index (χ0v) is 19.5. The van der Waals surface area contributed by atoms with Crippen molar-refractivity contribution in [3.05, 3.63) is 75.9 Å². The number of ketones is 1. The lowest BCUT2D eigenvalue weighted by atomic mass is 9.91. The minimum absolute atomic E-state index is 0.0164. The first-order valence-corrected chi connectivity index (χ1v) is 12.7. The number of carbonyl (C=O) groups excluding carboxylic acids is 1. The smallest absolute Gasteiger partial charge is 0.322 e. The highest BCUT2D eigenvalue weighted by Gasteiger charge is 2.31. The monoisotopic (exact) mass is 482 g/mol. The first-order chi connectivity index (χ1) is 15.7. The van der Waals surface area contributed by atoms with Gasteiger partial charge in [0.1, 0.15) is 10.3 Å². The molecule has 4 rings (SSSR count). The van der Waals surface area contributed by atoms with Crippen molar-refractivity contribution in [1.82, 2.24) is 9.29 Å². The molecule has 0 fully saturated rings. The molecule has 1 aliphatic carbocycles. The summed E-state index contributed by atoms with van der Waals surface area (Å²) in [7, 11) is -2.28. The minimum Gasteiger partial charge on any atom is -0.480 e. The summed E-state index contributed by atoms with van der Waals surface area (Å²) in [5.41, 5.74) is 2.75. The molecule has 0 spiro atoms. The molecule has 2 N–H and O–H groups in total. The van der Waals surface area contributed by atoms with Crippen LogP contribution in [0.1, 0.15) is 44.9 Å². The zero-order chi connectivity index (χ0) is 23.6. The van der Waals surface area contributed by atoms with E-state index in [2.05, 4.69) is 16.6 Å². The fraction of sp³-hybridized carbons (Fsp3) is 0.250. The highest BCUT2D eigenvalue weighted by molar-refractivity contribution is 7.91. The van der Waals surface area contributed by atoms with Crippen LogP contribution < -0.4 is 4.72 Å². The second-order valence-electron chi connectivity index (χ2n) is 7.81. The summed E-state index contributed by atoms with van der Waals surface area (Å²) < 4.78 is 29.9. The number of fused-ring (bicyclic) bond motifs is 1. The molecule has 170 valence electrons. The Morgan fingerprint density at radius 3 is 2.67 bits per heavy atom. The van der Waals surface area contributed by atoms with Crippen molar-refractivity contribution in [1.29, 1.82) is 0 Å². The van der Waals surface area contributed by atoms with Crippen LogP contribution in [0, 0.1) is 11.8 Å². The Hall–Kier alpha value is -3.19. The van der Waals surface area contributed by atoms with Gasteiger partial charge < -0.3 is 9.67 Å². The van der Waals surface area contributed by atoms with Crippen LogP contribution in [0.2, 0.25) is 0 Å². The summed E-state index contributed by atoms with van der Waals surface area (Å²) in [5.74, 6) is 4.57. The Kier molecular flexibility index (Phi) is 6.51. The first kappa shape index (κ1) is 23.0. The molecular formula is C24H22N2O5S2. The standard InChI is InChI=1S/C24H22N2O5S2/c1-26-15-17(23-20(26)8-5-9-21(23)27)14-19(24(28)29)25-33(30,31)22-13-12-18(32-22)11-10-16-6-3-2-4-7-16/h2-4,6-7,12-13,15,19,25H,5,8-9,14H2,1H3,(H,28,29). The Labute approximate surface area is 196 Å². The summed E-state index contributed by atoms with van der Waals surface area (Å²) in [6.45, 7) is 0. The van der Waals surface area contributed by atoms with E-state index in [-0.39, 0.29) is 16.4 Å². The van der Waals surface area contributed by atoms with Gasteiger partial charge in [0.15, 0.2) is 5.78 Å². The Bertz CT molecular complexity index is 1380. The molecule has 0 aliphatic heterocycles. The molecule has 33 heavy (non-hydrogen) atoms. The van der Waals surface area contributed by atoms with E-state index < -0.39 is 22.0 Å². The molecule has 7 nitrogen and oxygen atoms in total. The molecule has 0 radical (unpaired) electrons. The van der Waals surface area contributed by atoms with Crippen LogP contribution in [0.25, 0.3) is 0 Å². The van der Waals surface area contributed by atoms with Crippen molar-refractivity contribution in [3.8, 4) is 11.8 Å². The third kappa shape index (κ3) is 5.09. The minimum atomic E-state index is -4.09. The molecule has 2 aromatic heterocycles. The van der Waals surface area contributed by atoms with E-state index in [1.165, 1.54) is 6.07 Å². The van der Waals surface area contributed by atoms with E-state index in [0.29, 0.717) is 22.4 Å². The summed E-state index contributed by atoms with van der Waals surface area (Å²) in [5, 5.41) is 9.70. The third-order valence-corrected chi connectivity index (χ3v) is 8.41. The molecule has 0 amide bonds. The van der Waals surface area contributed by atoms with Gasteiger partial charge in [-0.2, -0.15) is 4.72 Å². The maximum atomic E-state index is 12.9. The number of nitrogens with zero attached hydrogens (tertiary/aromatic N) is 1. The Morgan fingerprint density at radius 2 is 1.94 bits per heavy atom. The number of thiophene rings is 1. The Balaban J connectivity index is 1.54. The number of nitrogens with one attached hydrogen (secondary N) is 1. The predicted molar refractivity (Wildman–Crippen MR) is 125 cm³/mol. The van der Waals surface area contributed by atoms with Gasteiger partial charge >= 0.3 is 5.97 Å². The van der Waals surface area contributed by atoms with Crippen LogP contribution in [-0.2, 0) is 34.7 Å². The number of aryl methyl sites for hydroxylation is 1. The van der Waals surface area contributed by atoms with Gasteiger partial charge in [0, 0.05) is 42.9 Å². The number of carboxylic acid groups (broad SMARTS) is 1. The van der Waals surface area contributed by atoms with E-state index in [1.807, 2.05) is 41.9 Å². The Morgan fingerprint density at radius 1 is 1.18 bits per heavy atom. The van der Waals surface area contributed by atoms with Crippen LogP contribution in [0.5, 0.6) is 0 Å². The highest BCUT2D eigenvalue weighted by Crippen LogP contribution is 2.27. The fourth-order valence-corrected chi connectivity index (χ4v) is 6.27. The molecule has 2 heterocycles. The third-order valence-electron chi connectivity index (χ3n) is 5.45. The molecule has 0 saturated carbocycles. The summed E-state index contributed by atoms with van der Waals surface area (Å²) in [6, 6.07) is 10.9. The molecular weight excluding hydrogens is 460 g/mol. The van der Waals surface area contributed by atoms with Crippen LogP contribution in [0.3, 0.4) is 0 Å². The zero-order valence-electron chi connectivity index (χ0n) is 17.9. The average molecular weight is 483 g/mol. The van der Waals surface area contributed by atoms with Crippen LogP contribution in [-0.4, -0.2) is 35.9 Å². The molecule has 3 aromatic rings. The first-order valence-electron chi connectivity index (χ1n) is 10.4. The lowest BCUT2D eigenvalue weighted by Crippen LogP contribution is -2.42. The number of aliphatic carboxylic acids is 1. The summed E-state index contributed by atoms with van der Waals surface area (Å²) in [4.78, 5) is 24.9. The largest absolute Gasteiger partial charge is 0.480 e. The van der Waals surface area contributed by atoms with E-state index in [9.17, 15) is 23.1 Å². The maximum absolute atomic E-state index is 12.9. The quantitative estimate of drug-likeness (QED) is 0.526. The topological polar surface area (TPSA) is 105 Å². The van der Waals surface area contributed by atoms with Gasteiger partial charge in [-0.25, -0.2) is 8.42 Å². The summed E-state index contributed by atoms with van der Waals surface area (Å²) in [6.07, 6.45) is 3.51. The van der Waals surface area contributed by atoms with E-state index in [1.54, 1.807) is 12.3 Å². The van der Waals surface area contributed by atoms with Crippen LogP contribution >= 0.6 is 11.3 Å². The number of hydrogen-bond donors (Lipinski definition) is 2. The van der Waals surface area contributed by atoms with Crippen LogP contribution in [0.15, 0.2) is 52.9 Å². The van der Waals surface area contributed by atoms with Crippen molar-refractivity contribution in [2.24, 2.45) is 7.05 Å². The molecule has 0 bridgehead atoms. The summed E-state index contributed by atoms with van der Waals surface area (Å²) >= 11 is 0.971. The van der Waals surface area contributed by atoms with Crippen molar-refractivity contribution in [2.75, 3.05) is 0 Å². The van der Waals surface area contributed by atoms with Gasteiger partial charge in [-0.3, -0.25) is 9.59 Å². The number of carbonyl (C=O) groups is 2. The van der Waals surface area contributed by atoms with Crippen molar-refractivity contribution >= 4 is 33.1 Å². The SMILES string of the molecule is Cn1cc(CC(NS(=O)(=O)c2ccc(C#Cc3ccccc3)s2)C(=O)O)c2c1CCCC2=O. The van der Waals surface area contributed by atoms with Crippen LogP contribution in [0.4, 0.5) is 0 Å². The van der Waals surface area contributed by atoms with Gasteiger partial charge in [-0.15, -0.1) is 11.3 Å². The van der Waals surface area contributed by atoms with Gasteiger partial charge in [-0.05, 0) is 42.7 Å². The lowest BCUT2D eigenvalue weighted by Gasteiger charge is -2.16. The number of carboxylic acids is 1. The number of sulfonamides is 1. The molecule has 1 aliphatic rings. The average Bonchev–Trinajstić information content (AvgIpc) is 3.39. The molecule has 9 heteroatoms. The number of rotatable bonds is 6. The predicted octanol–water partition coefficient (Wildman–Crippen LogP) is 2.98. The number of hydrogen-bond acceptors (Lipinski definition) is 5. The molecule has 0 saturated heterocycles. The van der Waals surface area contributed by atoms with E-state index in [4.69, 9.17) is 0 Å². The molecule has 1 aromatic carbocycles. The van der Waals surface area contributed by atoms with Gasteiger partial charge in [0.25, 0.3) is 10.0 Å². The van der Waals surface area contributed by atoms with Crippen molar-refractivity contribution in [3.63, 3.8) is 0 Å². The van der Waals surface area contributed by atoms with Crippen molar-refractivity contribution in [2.45, 2.75) is 35.9 Å². The molecule has 1 atom stereocenters. The normalized spacial score (nSPS) is 14.3. The maximum Gasteiger partial charge on any atom is 0.322 e. The van der Waals surface area contributed by atoms with Crippen molar-refractivity contribution < 1.29 is 23.1 Å². The van der Waals surface area contributed by atoms with Gasteiger partial charge in [0.05, 0.1) is 4.88 Å². The number of Topliss-reactive ketones (excluding diaryl/α,β-unsaturated/α-hetero) is 1. The number of benzene rings is 1. The fourth-order valence-electron chi connectivity index (χ4n) is 3.91. The van der Waals surface area contributed by atoms with E-state index in [0.717, 1.165) is 35.4 Å². The van der Waals surface area contributed by atoms with Gasteiger partial charge in [-0.1, -0.05) is 30.0 Å². The second-order valence-corrected chi connectivity index (χ2v) is 10.8. The second kappa shape index (κ2) is 9.35. The molecule has 1 unspecified atom stereocenters. The van der Waals surface area contributed by atoms with E-state index >= 15 is 0 Å². The van der Waals surface area contributed by atoms with Gasteiger partial charge in [0.2, 0.25) is 0 Å². The number of aromatic nitrogens is 1.